The van der Waals surface area contributed by atoms with Crippen molar-refractivity contribution in [3.05, 3.63) is 96.2 Å². The summed E-state index contributed by atoms with van der Waals surface area (Å²) in [5.41, 5.74) is 5.79. The van der Waals surface area contributed by atoms with Crippen LogP contribution in [0.25, 0.3) is 27.4 Å². The van der Waals surface area contributed by atoms with Crippen LogP contribution in [0.2, 0.25) is 0 Å². The Hall–Kier alpha value is -2.05. The minimum atomic E-state index is 0. The van der Waals surface area contributed by atoms with Gasteiger partial charge in [0.05, 0.1) is 5.52 Å². The van der Waals surface area contributed by atoms with Crippen LogP contribution in [0.5, 0.6) is 0 Å². The number of benzene rings is 2. The number of fused-ring (bicyclic) bond motifs is 4. The maximum atomic E-state index is 2.99. The van der Waals surface area contributed by atoms with Crippen LogP contribution in [0.4, 0.5) is 0 Å². The largest absolute Gasteiger partial charge is 2.00 e. The summed E-state index contributed by atoms with van der Waals surface area (Å²) in [6.07, 6.45) is 15.1. The predicted molar refractivity (Wildman–Crippen MR) is 115 cm³/mol. The van der Waals surface area contributed by atoms with E-state index in [1.807, 2.05) is 12.2 Å². The molecule has 1 heterocycles. The molecule has 0 saturated heterocycles. The molecule has 0 saturated carbocycles. The van der Waals surface area contributed by atoms with Gasteiger partial charge in [0, 0.05) is 11.1 Å². The monoisotopic (exact) mass is 439 g/mol. The summed E-state index contributed by atoms with van der Waals surface area (Å²) in [6, 6.07) is 22.2. The smallest absolute Gasteiger partial charge is 0.332 e. The van der Waals surface area contributed by atoms with Gasteiger partial charge in [-0.15, -0.1) is 47.5 Å². The fraction of sp³-hybridized carbons (Fsp3) is 0.192. The second kappa shape index (κ2) is 8.54. The van der Waals surface area contributed by atoms with Gasteiger partial charge in [-0.1, -0.05) is 24.3 Å². The van der Waals surface area contributed by atoms with Crippen molar-refractivity contribution in [3.8, 4) is 5.69 Å². The van der Waals surface area contributed by atoms with Crippen molar-refractivity contribution < 1.29 is 26.2 Å². The van der Waals surface area contributed by atoms with Crippen LogP contribution in [0.3, 0.4) is 0 Å². The Morgan fingerprint density at radius 3 is 2.54 bits per heavy atom. The molecular formula is C26H23NZr. The topological polar surface area (TPSA) is 4.93 Å². The summed E-state index contributed by atoms with van der Waals surface area (Å²) in [6.45, 7) is 0. The van der Waals surface area contributed by atoms with Crippen LogP contribution in [0.15, 0.2) is 78.9 Å². The van der Waals surface area contributed by atoms with Crippen molar-refractivity contribution in [3.63, 3.8) is 0 Å². The van der Waals surface area contributed by atoms with Gasteiger partial charge in [0.15, 0.2) is 0 Å². The van der Waals surface area contributed by atoms with Crippen LogP contribution in [0, 0.1) is 6.08 Å². The quantitative estimate of drug-likeness (QED) is 0.291. The molecule has 1 aromatic heterocycles. The van der Waals surface area contributed by atoms with Crippen LogP contribution in [-0.2, 0) is 39.0 Å². The zero-order chi connectivity index (χ0) is 18.1. The fourth-order valence-electron chi connectivity index (χ4n) is 4.39. The molecule has 0 aliphatic heterocycles. The molecule has 0 N–H and O–H groups in total. The van der Waals surface area contributed by atoms with E-state index in [9.17, 15) is 0 Å². The van der Waals surface area contributed by atoms with Crippen molar-refractivity contribution >= 4 is 21.7 Å². The van der Waals surface area contributed by atoms with E-state index >= 15 is 0 Å². The Morgan fingerprint density at radius 2 is 1.75 bits per heavy atom. The second-order valence-corrected chi connectivity index (χ2v) is 7.33. The predicted octanol–water partition coefficient (Wildman–Crippen LogP) is 6.68. The number of nitrogens with zero attached hydrogens (tertiary/aromatic N) is 1. The number of aromatic nitrogens is 1. The molecule has 136 valence electrons. The molecule has 1 nitrogen and oxygen atoms in total. The van der Waals surface area contributed by atoms with E-state index in [1.54, 1.807) is 5.56 Å². The minimum absolute atomic E-state index is 0. The molecule has 2 aliphatic carbocycles. The average Bonchev–Trinajstić information content (AvgIpc) is 3.46. The van der Waals surface area contributed by atoms with Crippen LogP contribution in [0.1, 0.15) is 30.5 Å². The summed E-state index contributed by atoms with van der Waals surface area (Å²) < 4.78 is 2.50. The van der Waals surface area contributed by atoms with Gasteiger partial charge in [-0.2, -0.15) is 6.08 Å². The molecule has 0 atom stereocenters. The molecule has 6 rings (SSSR count). The molecule has 0 spiro atoms. The Bertz CT molecular complexity index is 1110. The van der Waals surface area contributed by atoms with Crippen LogP contribution >= 0.6 is 0 Å². The first-order chi connectivity index (χ1) is 13.4. The standard InChI is InChI=1S/C21H18N.C5H5.Zr/c1-2-8-16-14-17(13-15(16)7-1)22-20-11-5-3-9-18(20)19-10-4-6-12-21(19)22;1-2-4-5-3-1;/h1-3,5,7-9,11,13-14H,4,6,10,12H2;1-3H,4H2;/q2*-1;+2. The van der Waals surface area contributed by atoms with Gasteiger partial charge >= 0.3 is 26.2 Å². The number of hydrogen-bond donors (Lipinski definition) is 0. The minimum Gasteiger partial charge on any atom is -0.332 e. The van der Waals surface area contributed by atoms with E-state index in [4.69, 9.17) is 0 Å². The van der Waals surface area contributed by atoms with Crippen molar-refractivity contribution in [1.29, 1.82) is 0 Å². The Kier molecular flexibility index (Phi) is 5.88. The van der Waals surface area contributed by atoms with Crippen LogP contribution in [-0.4, -0.2) is 4.57 Å². The molecule has 0 bridgehead atoms. The van der Waals surface area contributed by atoms with Gasteiger partial charge in [-0.3, -0.25) is 6.08 Å². The van der Waals surface area contributed by atoms with E-state index in [-0.39, 0.29) is 26.2 Å². The maximum Gasteiger partial charge on any atom is 2.00 e. The Morgan fingerprint density at radius 1 is 0.929 bits per heavy atom. The fourth-order valence-corrected chi connectivity index (χ4v) is 4.39. The number of allylic oxidation sites excluding steroid dienone is 4. The number of aryl methyl sites for hydroxylation is 1. The molecule has 2 heteroatoms. The maximum absolute atomic E-state index is 2.99. The van der Waals surface area contributed by atoms with Gasteiger partial charge in [-0.05, 0) is 43.0 Å². The third-order valence-electron chi connectivity index (χ3n) is 5.63. The molecule has 4 aromatic rings. The summed E-state index contributed by atoms with van der Waals surface area (Å²) in [7, 11) is 0. The van der Waals surface area contributed by atoms with Gasteiger partial charge in [0.25, 0.3) is 0 Å². The van der Waals surface area contributed by atoms with E-state index < -0.39 is 0 Å². The molecule has 28 heavy (non-hydrogen) atoms. The summed E-state index contributed by atoms with van der Waals surface area (Å²) in [5.74, 6) is 0. The molecule has 2 aliphatic rings. The van der Waals surface area contributed by atoms with Gasteiger partial charge < -0.3 is 4.57 Å². The molecule has 3 aromatic carbocycles. The Labute approximate surface area is 185 Å². The average molecular weight is 441 g/mol. The van der Waals surface area contributed by atoms with Gasteiger partial charge in [0.2, 0.25) is 0 Å². The van der Waals surface area contributed by atoms with Gasteiger partial charge in [-0.25, -0.2) is 12.2 Å². The van der Waals surface area contributed by atoms with E-state index in [2.05, 4.69) is 77.4 Å². The molecule has 0 amide bonds. The SMILES string of the molecule is [C-]1=CC=CC1.[Zr+2].c1ccc2[cH-]c(-n3c4c(c5ccccc53)CCCC4)cc2c1. The third kappa shape index (κ3) is 3.51. The van der Waals surface area contributed by atoms with E-state index in [0.29, 0.717) is 0 Å². The van der Waals surface area contributed by atoms with Crippen molar-refractivity contribution in [1.82, 2.24) is 4.57 Å². The first-order valence-corrected chi connectivity index (χ1v) is 9.90. The zero-order valence-electron chi connectivity index (χ0n) is 16.0. The second-order valence-electron chi connectivity index (χ2n) is 7.33. The summed E-state index contributed by atoms with van der Waals surface area (Å²) in [4.78, 5) is 0. The number of hydrogen-bond acceptors (Lipinski definition) is 0. The summed E-state index contributed by atoms with van der Waals surface area (Å²) >= 11 is 0. The Balaban J connectivity index is 0.000000282. The van der Waals surface area contributed by atoms with Crippen molar-refractivity contribution in [2.45, 2.75) is 32.1 Å². The van der Waals surface area contributed by atoms with Crippen molar-refractivity contribution in [2.24, 2.45) is 0 Å². The molecule has 0 radical (unpaired) electrons. The first-order valence-electron chi connectivity index (χ1n) is 9.90. The van der Waals surface area contributed by atoms with E-state index in [1.165, 1.54) is 58.7 Å². The number of rotatable bonds is 1. The third-order valence-corrected chi connectivity index (χ3v) is 5.63. The molecular weight excluding hydrogens is 418 g/mol. The van der Waals surface area contributed by atoms with Gasteiger partial charge in [0.1, 0.15) is 0 Å². The van der Waals surface area contributed by atoms with Crippen LogP contribution < -0.4 is 0 Å². The molecule has 0 fully saturated rings. The van der Waals surface area contributed by atoms with E-state index in [0.717, 1.165) is 6.42 Å². The zero-order valence-corrected chi connectivity index (χ0v) is 18.4. The summed E-state index contributed by atoms with van der Waals surface area (Å²) in [5, 5.41) is 4.11. The molecule has 0 unspecified atom stereocenters. The number of para-hydroxylation sites is 1. The first kappa shape index (κ1) is 19.3. The normalized spacial score (nSPS) is 14.6. The van der Waals surface area contributed by atoms with Crippen molar-refractivity contribution in [2.75, 3.05) is 0 Å².